The summed E-state index contributed by atoms with van der Waals surface area (Å²) in [6.45, 7) is 1.75. The molecule has 4 rings (SSSR count). The van der Waals surface area contributed by atoms with Gasteiger partial charge in [-0.25, -0.2) is 0 Å². The molecule has 26 heavy (non-hydrogen) atoms. The second-order valence-electron chi connectivity index (χ2n) is 6.84. The van der Waals surface area contributed by atoms with Gasteiger partial charge >= 0.3 is 0 Å². The number of rotatable bonds is 7. The summed E-state index contributed by atoms with van der Waals surface area (Å²) in [6.07, 6.45) is 3.45. The largest absolute Gasteiger partial charge is 0.488 e. The fourth-order valence-corrected chi connectivity index (χ4v) is 3.18. The lowest BCUT2D eigenvalue weighted by atomic mass is 10.2. The zero-order valence-corrected chi connectivity index (χ0v) is 14.9. The first-order valence-electron chi connectivity index (χ1n) is 9.11. The fourth-order valence-electron chi connectivity index (χ4n) is 3.18. The predicted molar refractivity (Wildman–Crippen MR) is 93.8 cm³/mol. The maximum Gasteiger partial charge on any atom is 0.261 e. The first-order chi connectivity index (χ1) is 12.7. The van der Waals surface area contributed by atoms with Crippen molar-refractivity contribution in [1.29, 1.82) is 0 Å². The second-order valence-corrected chi connectivity index (χ2v) is 6.84. The van der Waals surface area contributed by atoms with Crippen LogP contribution in [0, 0.1) is 0 Å². The molecule has 2 fully saturated rings. The lowest BCUT2D eigenvalue weighted by molar-refractivity contribution is -0.131. The van der Waals surface area contributed by atoms with E-state index in [0.29, 0.717) is 37.9 Å². The lowest BCUT2D eigenvalue weighted by Crippen LogP contribution is -2.31. The van der Waals surface area contributed by atoms with E-state index in [0.717, 1.165) is 36.4 Å². The van der Waals surface area contributed by atoms with Gasteiger partial charge in [-0.3, -0.25) is 4.79 Å². The average Bonchev–Trinajstić information content (AvgIpc) is 3.20. The summed E-state index contributed by atoms with van der Waals surface area (Å²) in [7, 11) is 1.60. The van der Waals surface area contributed by atoms with Crippen molar-refractivity contribution < 1.29 is 18.8 Å². The monoisotopic (exact) mass is 357 g/mol. The van der Waals surface area contributed by atoms with Gasteiger partial charge in [0.15, 0.2) is 5.82 Å². The van der Waals surface area contributed by atoms with Gasteiger partial charge in [0, 0.05) is 26.0 Å². The van der Waals surface area contributed by atoms with Crippen LogP contribution in [0.3, 0.4) is 0 Å². The Morgan fingerprint density at radius 1 is 1.31 bits per heavy atom. The summed E-state index contributed by atoms with van der Waals surface area (Å²) in [5.41, 5.74) is 0.802. The third kappa shape index (κ3) is 3.72. The summed E-state index contributed by atoms with van der Waals surface area (Å²) >= 11 is 0. The molecule has 1 aliphatic carbocycles. The van der Waals surface area contributed by atoms with Crippen molar-refractivity contribution in [1.82, 2.24) is 15.0 Å². The molecular formula is C19H23N3O4. The minimum absolute atomic E-state index is 0.0338. The zero-order valence-electron chi connectivity index (χ0n) is 14.9. The number of amides is 1. The highest BCUT2D eigenvalue weighted by Gasteiger charge is 2.30. The molecule has 2 aliphatic rings. The summed E-state index contributed by atoms with van der Waals surface area (Å²) in [5, 5.41) is 4.08. The molecule has 2 aromatic rings. The summed E-state index contributed by atoms with van der Waals surface area (Å²) in [4.78, 5) is 18.5. The molecule has 1 amide bonds. The van der Waals surface area contributed by atoms with Crippen molar-refractivity contribution in [3.05, 3.63) is 30.1 Å². The van der Waals surface area contributed by atoms with Gasteiger partial charge in [0.05, 0.1) is 25.1 Å². The Kier molecular flexibility index (Phi) is 4.88. The summed E-state index contributed by atoms with van der Waals surface area (Å²) in [5.74, 6) is 2.55. The number of likely N-dealkylation sites (tertiary alicyclic amines) is 1. The molecule has 138 valence electrons. The Bertz CT molecular complexity index is 772. The van der Waals surface area contributed by atoms with E-state index in [1.54, 1.807) is 7.11 Å². The van der Waals surface area contributed by atoms with Crippen LogP contribution >= 0.6 is 0 Å². The Morgan fingerprint density at radius 2 is 2.15 bits per heavy atom. The van der Waals surface area contributed by atoms with E-state index in [-0.39, 0.29) is 12.0 Å². The molecule has 0 N–H and O–H groups in total. The number of benzene rings is 1. The molecule has 2 heterocycles. The molecule has 0 spiro atoms. The van der Waals surface area contributed by atoms with E-state index in [2.05, 4.69) is 10.1 Å². The number of methoxy groups -OCH3 is 1. The van der Waals surface area contributed by atoms with Gasteiger partial charge in [0.1, 0.15) is 11.9 Å². The van der Waals surface area contributed by atoms with Crippen LogP contribution in [0.1, 0.15) is 37.4 Å². The third-order valence-electron chi connectivity index (χ3n) is 4.81. The second kappa shape index (κ2) is 7.45. The highest BCUT2D eigenvalue weighted by Crippen LogP contribution is 2.39. The standard InChI is InChI=1S/C19H23N3O4/c1-24-11-9-17(23)22-10-8-14(12-22)25-16-5-3-2-4-15(16)19-20-18(21-26-19)13-6-7-13/h2-5,13-14H,6-12H2,1H3. The Hall–Kier alpha value is -2.41. The van der Waals surface area contributed by atoms with Crippen molar-refractivity contribution in [2.24, 2.45) is 0 Å². The van der Waals surface area contributed by atoms with E-state index in [9.17, 15) is 4.79 Å². The van der Waals surface area contributed by atoms with Crippen molar-refractivity contribution in [3.63, 3.8) is 0 Å². The molecule has 1 unspecified atom stereocenters. The summed E-state index contributed by atoms with van der Waals surface area (Å²) < 4.78 is 16.6. The van der Waals surface area contributed by atoms with Crippen LogP contribution in [0.2, 0.25) is 0 Å². The number of ether oxygens (including phenoxy) is 2. The van der Waals surface area contributed by atoms with Crippen LogP contribution in [0.4, 0.5) is 0 Å². The maximum atomic E-state index is 12.1. The van der Waals surface area contributed by atoms with Crippen LogP contribution in [-0.2, 0) is 9.53 Å². The Labute approximate surface area is 152 Å². The molecule has 0 bridgehead atoms. The lowest BCUT2D eigenvalue weighted by Gasteiger charge is -2.18. The maximum absolute atomic E-state index is 12.1. The van der Waals surface area contributed by atoms with Gasteiger partial charge in [0.25, 0.3) is 5.89 Å². The van der Waals surface area contributed by atoms with Gasteiger partial charge < -0.3 is 18.9 Å². The van der Waals surface area contributed by atoms with Gasteiger partial charge in [-0.15, -0.1) is 0 Å². The average molecular weight is 357 g/mol. The minimum atomic E-state index is -0.0338. The fraction of sp³-hybridized carbons (Fsp3) is 0.526. The normalized spacial score (nSPS) is 19.7. The molecule has 1 aliphatic heterocycles. The molecule has 1 saturated carbocycles. The number of hydrogen-bond acceptors (Lipinski definition) is 6. The van der Waals surface area contributed by atoms with E-state index < -0.39 is 0 Å². The number of hydrogen-bond donors (Lipinski definition) is 0. The van der Waals surface area contributed by atoms with E-state index in [1.165, 1.54) is 0 Å². The molecule has 7 nitrogen and oxygen atoms in total. The van der Waals surface area contributed by atoms with E-state index in [1.807, 2.05) is 29.2 Å². The van der Waals surface area contributed by atoms with Crippen LogP contribution in [-0.4, -0.2) is 53.9 Å². The van der Waals surface area contributed by atoms with Gasteiger partial charge in [0.2, 0.25) is 5.91 Å². The molecule has 1 saturated heterocycles. The number of aromatic nitrogens is 2. The molecule has 1 aromatic heterocycles. The summed E-state index contributed by atoms with van der Waals surface area (Å²) in [6, 6.07) is 7.69. The smallest absolute Gasteiger partial charge is 0.261 e. The van der Waals surface area contributed by atoms with Crippen LogP contribution in [0.15, 0.2) is 28.8 Å². The van der Waals surface area contributed by atoms with E-state index in [4.69, 9.17) is 14.0 Å². The molecule has 1 atom stereocenters. The topological polar surface area (TPSA) is 77.7 Å². The van der Waals surface area contributed by atoms with E-state index >= 15 is 0 Å². The SMILES string of the molecule is COCCC(=O)N1CCC(Oc2ccccc2-c2nc(C3CC3)no2)C1. The van der Waals surface area contributed by atoms with Crippen molar-refractivity contribution in [3.8, 4) is 17.2 Å². The Balaban J connectivity index is 1.43. The van der Waals surface area contributed by atoms with Crippen molar-refractivity contribution in [2.75, 3.05) is 26.8 Å². The van der Waals surface area contributed by atoms with Gasteiger partial charge in [-0.2, -0.15) is 4.98 Å². The molecule has 1 aromatic carbocycles. The Morgan fingerprint density at radius 3 is 2.96 bits per heavy atom. The van der Waals surface area contributed by atoms with Crippen LogP contribution in [0.5, 0.6) is 5.75 Å². The highest BCUT2D eigenvalue weighted by atomic mass is 16.5. The molecule has 0 radical (unpaired) electrons. The van der Waals surface area contributed by atoms with Gasteiger partial charge in [-0.1, -0.05) is 17.3 Å². The highest BCUT2D eigenvalue weighted by molar-refractivity contribution is 5.76. The van der Waals surface area contributed by atoms with Crippen LogP contribution in [0.25, 0.3) is 11.5 Å². The molecular weight excluding hydrogens is 334 g/mol. The third-order valence-corrected chi connectivity index (χ3v) is 4.81. The van der Waals surface area contributed by atoms with Crippen molar-refractivity contribution in [2.45, 2.75) is 37.7 Å². The van der Waals surface area contributed by atoms with Gasteiger partial charge in [-0.05, 0) is 25.0 Å². The zero-order chi connectivity index (χ0) is 17.9. The number of nitrogens with zero attached hydrogens (tertiary/aromatic N) is 3. The number of para-hydroxylation sites is 1. The van der Waals surface area contributed by atoms with Crippen LogP contribution < -0.4 is 4.74 Å². The number of carbonyl (C=O) groups excluding carboxylic acids is 1. The predicted octanol–water partition coefficient (Wildman–Crippen LogP) is 2.63. The first kappa shape index (κ1) is 17.0. The molecule has 7 heteroatoms. The quantitative estimate of drug-likeness (QED) is 0.758. The minimum Gasteiger partial charge on any atom is -0.488 e. The van der Waals surface area contributed by atoms with Crippen molar-refractivity contribution >= 4 is 5.91 Å². The number of carbonyl (C=O) groups is 1. The first-order valence-corrected chi connectivity index (χ1v) is 9.11.